The molecule has 0 saturated carbocycles. The van der Waals surface area contributed by atoms with Crippen LogP contribution in [0.1, 0.15) is 6.92 Å². The Morgan fingerprint density at radius 2 is 1.65 bits per heavy atom. The summed E-state index contributed by atoms with van der Waals surface area (Å²) >= 11 is 0. The molecule has 2 rings (SSSR count). The van der Waals surface area contributed by atoms with E-state index in [4.69, 9.17) is 4.74 Å². The van der Waals surface area contributed by atoms with Crippen LogP contribution in [-0.2, 0) is 14.3 Å². The molecule has 1 N–H and O–H groups in total. The van der Waals surface area contributed by atoms with E-state index < -0.39 is 17.3 Å². The summed E-state index contributed by atoms with van der Waals surface area (Å²) in [6, 6.07) is 14.8. The zero-order valence-electron chi connectivity index (χ0n) is 12.4. The van der Waals surface area contributed by atoms with Crippen LogP contribution in [0.3, 0.4) is 0 Å². The Hall–Kier alpha value is -3.15. The standard InChI is InChI=1S/C17H15NO5/c1-2-22-17(21)16(20)18-13-10-6-7-11-14(15(13)19)23-12-8-4-3-5-9-12/h3-11H,2H2,1H3,(H,18,19,20). The summed E-state index contributed by atoms with van der Waals surface area (Å²) in [5.41, 5.74) is -0.615. The summed E-state index contributed by atoms with van der Waals surface area (Å²) in [4.78, 5) is 35.4. The van der Waals surface area contributed by atoms with Crippen LogP contribution < -0.4 is 15.5 Å². The highest BCUT2D eigenvalue weighted by atomic mass is 16.5. The van der Waals surface area contributed by atoms with Crippen molar-refractivity contribution in [2.75, 3.05) is 11.9 Å². The number of amides is 1. The van der Waals surface area contributed by atoms with Gasteiger partial charge in [0.1, 0.15) is 5.75 Å². The van der Waals surface area contributed by atoms with Crippen molar-refractivity contribution in [2.24, 2.45) is 0 Å². The minimum atomic E-state index is -1.05. The van der Waals surface area contributed by atoms with Gasteiger partial charge in [0, 0.05) is 0 Å². The zero-order valence-corrected chi connectivity index (χ0v) is 12.4. The minimum absolute atomic E-state index is 0.0281. The van der Waals surface area contributed by atoms with Gasteiger partial charge < -0.3 is 14.8 Å². The second kappa shape index (κ2) is 7.74. The van der Waals surface area contributed by atoms with Gasteiger partial charge in [-0.3, -0.25) is 9.59 Å². The molecule has 0 fully saturated rings. The molecule has 0 bridgehead atoms. The number of carbonyl (C=O) groups is 2. The lowest BCUT2D eigenvalue weighted by Crippen LogP contribution is -2.27. The quantitative estimate of drug-likeness (QED) is 0.692. The highest BCUT2D eigenvalue weighted by Crippen LogP contribution is 2.18. The summed E-state index contributed by atoms with van der Waals surface area (Å²) in [6.45, 7) is 1.65. The van der Waals surface area contributed by atoms with Crippen LogP contribution in [0.2, 0.25) is 0 Å². The molecule has 0 unspecified atom stereocenters. The molecule has 118 valence electrons. The molecule has 0 atom stereocenters. The van der Waals surface area contributed by atoms with Crippen molar-refractivity contribution in [1.82, 2.24) is 0 Å². The average Bonchev–Trinajstić information content (AvgIpc) is 2.72. The lowest BCUT2D eigenvalue weighted by molar-refractivity contribution is -0.152. The number of para-hydroxylation sites is 1. The smallest absolute Gasteiger partial charge is 0.397 e. The normalized spacial score (nSPS) is 9.78. The predicted molar refractivity (Wildman–Crippen MR) is 84.5 cm³/mol. The largest absolute Gasteiger partial charge is 0.459 e. The Bertz CT molecular complexity index is 758. The van der Waals surface area contributed by atoms with Crippen LogP contribution in [0, 0.1) is 0 Å². The summed E-state index contributed by atoms with van der Waals surface area (Å²) in [5, 5.41) is 2.23. The topological polar surface area (TPSA) is 81.7 Å². The van der Waals surface area contributed by atoms with E-state index in [-0.39, 0.29) is 18.0 Å². The SMILES string of the molecule is CCOC(=O)C(=O)Nc1ccccc(Oc2ccccc2)c1=O. The highest BCUT2D eigenvalue weighted by Gasteiger charge is 2.17. The zero-order chi connectivity index (χ0) is 16.7. The number of rotatable bonds is 4. The number of nitrogens with one attached hydrogen (secondary N) is 1. The Kier molecular flexibility index (Phi) is 5.46. The number of hydrogen-bond donors (Lipinski definition) is 1. The van der Waals surface area contributed by atoms with Gasteiger partial charge in [-0.25, -0.2) is 4.79 Å². The Morgan fingerprint density at radius 3 is 2.35 bits per heavy atom. The van der Waals surface area contributed by atoms with Crippen LogP contribution >= 0.6 is 0 Å². The Labute approximate surface area is 132 Å². The van der Waals surface area contributed by atoms with Gasteiger partial charge in [-0.1, -0.05) is 30.3 Å². The molecule has 6 heteroatoms. The number of carbonyl (C=O) groups excluding carboxylic acids is 2. The van der Waals surface area contributed by atoms with E-state index in [9.17, 15) is 14.4 Å². The van der Waals surface area contributed by atoms with Crippen molar-refractivity contribution in [3.05, 3.63) is 64.8 Å². The lowest BCUT2D eigenvalue weighted by atomic mass is 10.3. The Balaban J connectivity index is 2.27. The van der Waals surface area contributed by atoms with Crippen LogP contribution in [-0.4, -0.2) is 18.5 Å². The van der Waals surface area contributed by atoms with E-state index in [1.54, 1.807) is 43.3 Å². The monoisotopic (exact) mass is 313 g/mol. The first-order valence-electron chi connectivity index (χ1n) is 6.96. The number of ether oxygens (including phenoxy) is 2. The summed E-state index contributed by atoms with van der Waals surface area (Å²) in [6.07, 6.45) is 0. The average molecular weight is 313 g/mol. The van der Waals surface area contributed by atoms with Crippen molar-refractivity contribution in [2.45, 2.75) is 6.92 Å². The van der Waals surface area contributed by atoms with Crippen LogP contribution in [0.5, 0.6) is 11.5 Å². The maximum Gasteiger partial charge on any atom is 0.397 e. The fourth-order valence-corrected chi connectivity index (χ4v) is 1.74. The molecule has 2 aromatic rings. The predicted octanol–water partition coefficient (Wildman–Crippen LogP) is 2.34. The fraction of sp³-hybridized carbons (Fsp3) is 0.118. The van der Waals surface area contributed by atoms with Crippen molar-refractivity contribution >= 4 is 17.6 Å². The molecule has 23 heavy (non-hydrogen) atoms. The molecule has 0 aliphatic carbocycles. The molecule has 0 aromatic heterocycles. The number of benzene rings is 1. The van der Waals surface area contributed by atoms with Crippen molar-refractivity contribution in [1.29, 1.82) is 0 Å². The molecule has 0 saturated heterocycles. The van der Waals surface area contributed by atoms with Gasteiger partial charge in [-0.15, -0.1) is 0 Å². The molecule has 1 amide bonds. The third-order valence-electron chi connectivity index (χ3n) is 2.77. The van der Waals surface area contributed by atoms with Gasteiger partial charge >= 0.3 is 11.9 Å². The van der Waals surface area contributed by atoms with Gasteiger partial charge in [0.05, 0.1) is 12.3 Å². The third kappa shape index (κ3) is 4.41. The third-order valence-corrected chi connectivity index (χ3v) is 2.77. The molecular weight excluding hydrogens is 298 g/mol. The number of anilines is 1. The first-order valence-corrected chi connectivity index (χ1v) is 6.96. The van der Waals surface area contributed by atoms with Crippen LogP contribution in [0.15, 0.2) is 59.4 Å². The van der Waals surface area contributed by atoms with Gasteiger partial charge in [0.25, 0.3) is 0 Å². The molecule has 0 aliphatic rings. The van der Waals surface area contributed by atoms with Crippen LogP contribution in [0.4, 0.5) is 5.69 Å². The molecule has 2 aromatic carbocycles. The summed E-state index contributed by atoms with van der Waals surface area (Å²) < 4.78 is 10.1. The van der Waals surface area contributed by atoms with E-state index in [2.05, 4.69) is 10.1 Å². The van der Waals surface area contributed by atoms with Crippen LogP contribution in [0.25, 0.3) is 0 Å². The van der Waals surface area contributed by atoms with E-state index in [0.29, 0.717) is 5.75 Å². The molecule has 0 radical (unpaired) electrons. The van der Waals surface area contributed by atoms with Gasteiger partial charge in [-0.2, -0.15) is 0 Å². The molecule has 0 spiro atoms. The summed E-state index contributed by atoms with van der Waals surface area (Å²) in [7, 11) is 0. The Morgan fingerprint density at radius 1 is 1.00 bits per heavy atom. The first-order chi connectivity index (χ1) is 11.1. The second-order valence-electron chi connectivity index (χ2n) is 4.41. The van der Waals surface area contributed by atoms with Gasteiger partial charge in [0.15, 0.2) is 5.75 Å². The number of esters is 1. The molecule has 0 heterocycles. The van der Waals surface area contributed by atoms with Crippen molar-refractivity contribution in [3.8, 4) is 11.5 Å². The molecule has 6 nitrogen and oxygen atoms in total. The van der Waals surface area contributed by atoms with E-state index in [0.717, 1.165) is 0 Å². The highest BCUT2D eigenvalue weighted by molar-refractivity contribution is 6.37. The fourth-order valence-electron chi connectivity index (χ4n) is 1.74. The van der Waals surface area contributed by atoms with E-state index in [1.807, 2.05) is 6.07 Å². The lowest BCUT2D eigenvalue weighted by Gasteiger charge is -2.05. The van der Waals surface area contributed by atoms with E-state index in [1.165, 1.54) is 12.1 Å². The maximum absolute atomic E-state index is 12.4. The van der Waals surface area contributed by atoms with Crippen molar-refractivity contribution < 1.29 is 19.1 Å². The molecular formula is C17H15NO5. The van der Waals surface area contributed by atoms with Gasteiger partial charge in [0.2, 0.25) is 5.43 Å². The number of hydrogen-bond acceptors (Lipinski definition) is 5. The van der Waals surface area contributed by atoms with Crippen molar-refractivity contribution in [3.63, 3.8) is 0 Å². The van der Waals surface area contributed by atoms with Gasteiger partial charge in [-0.05, 0) is 31.2 Å². The second-order valence-corrected chi connectivity index (χ2v) is 4.41. The summed E-state index contributed by atoms with van der Waals surface area (Å²) in [5.74, 6) is -1.55. The first kappa shape index (κ1) is 16.2. The molecule has 0 aliphatic heterocycles. The maximum atomic E-state index is 12.4. The van der Waals surface area contributed by atoms with E-state index >= 15 is 0 Å². The minimum Gasteiger partial charge on any atom is -0.459 e.